The molecule has 3 nitrogen and oxygen atoms in total. The second kappa shape index (κ2) is 5.28. The van der Waals surface area contributed by atoms with E-state index < -0.39 is 10.0 Å². The van der Waals surface area contributed by atoms with Crippen LogP contribution in [0.1, 0.15) is 19.4 Å². The summed E-state index contributed by atoms with van der Waals surface area (Å²) in [5, 5.41) is 0. The van der Waals surface area contributed by atoms with Crippen molar-refractivity contribution in [2.24, 2.45) is 5.92 Å². The SMILES string of the molecule is CC(C)CS(=O)(=O)NCc1ccccc1. The number of hydrogen-bond acceptors (Lipinski definition) is 2. The standard InChI is InChI=1S/C11H17NO2S/c1-10(2)9-15(13,14)12-8-11-6-4-3-5-7-11/h3-7,10,12H,8-9H2,1-2H3. The summed E-state index contributed by atoms with van der Waals surface area (Å²) in [5.41, 5.74) is 0.977. The summed E-state index contributed by atoms with van der Waals surface area (Å²) in [7, 11) is -3.13. The molecule has 0 atom stereocenters. The van der Waals surface area contributed by atoms with Gasteiger partial charge in [-0.05, 0) is 11.5 Å². The summed E-state index contributed by atoms with van der Waals surface area (Å²) in [5.74, 6) is 0.332. The zero-order valence-electron chi connectivity index (χ0n) is 9.10. The molecule has 1 aromatic rings. The first-order chi connectivity index (χ1) is 6.99. The summed E-state index contributed by atoms with van der Waals surface area (Å²) < 4.78 is 25.6. The van der Waals surface area contributed by atoms with Crippen LogP contribution in [0.5, 0.6) is 0 Å². The Balaban J connectivity index is 2.50. The molecule has 84 valence electrons. The molecule has 0 aliphatic carbocycles. The van der Waals surface area contributed by atoms with Crippen LogP contribution in [0.25, 0.3) is 0 Å². The van der Waals surface area contributed by atoms with Gasteiger partial charge < -0.3 is 0 Å². The second-order valence-electron chi connectivity index (χ2n) is 3.98. The van der Waals surface area contributed by atoms with Crippen LogP contribution >= 0.6 is 0 Å². The van der Waals surface area contributed by atoms with Crippen LogP contribution in [-0.2, 0) is 16.6 Å². The third-order valence-corrected chi connectivity index (χ3v) is 3.58. The van der Waals surface area contributed by atoms with Gasteiger partial charge in [-0.1, -0.05) is 44.2 Å². The van der Waals surface area contributed by atoms with E-state index in [4.69, 9.17) is 0 Å². The number of rotatable bonds is 5. The van der Waals surface area contributed by atoms with Crippen molar-refractivity contribution in [1.29, 1.82) is 0 Å². The van der Waals surface area contributed by atoms with Crippen molar-refractivity contribution in [2.45, 2.75) is 20.4 Å². The second-order valence-corrected chi connectivity index (χ2v) is 5.83. The molecule has 0 amide bonds. The highest BCUT2D eigenvalue weighted by molar-refractivity contribution is 7.89. The maximum atomic E-state index is 11.5. The topological polar surface area (TPSA) is 46.2 Å². The van der Waals surface area contributed by atoms with Crippen LogP contribution in [-0.4, -0.2) is 14.2 Å². The van der Waals surface area contributed by atoms with E-state index in [0.29, 0.717) is 6.54 Å². The van der Waals surface area contributed by atoms with Gasteiger partial charge in [-0.2, -0.15) is 0 Å². The van der Waals surface area contributed by atoms with E-state index >= 15 is 0 Å². The molecule has 0 fully saturated rings. The fourth-order valence-electron chi connectivity index (χ4n) is 1.29. The summed E-state index contributed by atoms with van der Waals surface area (Å²) in [4.78, 5) is 0. The van der Waals surface area contributed by atoms with Gasteiger partial charge in [0.15, 0.2) is 0 Å². The van der Waals surface area contributed by atoms with Crippen molar-refractivity contribution in [3.05, 3.63) is 35.9 Å². The number of hydrogen-bond donors (Lipinski definition) is 1. The van der Waals surface area contributed by atoms with Crippen molar-refractivity contribution < 1.29 is 8.42 Å². The Kier molecular flexibility index (Phi) is 4.29. The first-order valence-electron chi connectivity index (χ1n) is 5.01. The predicted molar refractivity (Wildman–Crippen MR) is 61.9 cm³/mol. The molecule has 0 radical (unpaired) electrons. The lowest BCUT2D eigenvalue weighted by Gasteiger charge is -2.08. The Morgan fingerprint density at radius 2 is 1.80 bits per heavy atom. The molecule has 1 aromatic carbocycles. The number of sulfonamides is 1. The molecule has 0 spiro atoms. The van der Waals surface area contributed by atoms with Crippen LogP contribution in [0, 0.1) is 5.92 Å². The summed E-state index contributed by atoms with van der Waals surface area (Å²) in [6, 6.07) is 9.50. The van der Waals surface area contributed by atoms with Crippen LogP contribution in [0.2, 0.25) is 0 Å². The molecule has 0 aromatic heterocycles. The fourth-order valence-corrected chi connectivity index (χ4v) is 2.67. The van der Waals surface area contributed by atoms with Crippen molar-refractivity contribution in [1.82, 2.24) is 4.72 Å². The summed E-state index contributed by atoms with van der Waals surface area (Å²) >= 11 is 0. The Morgan fingerprint density at radius 1 is 1.20 bits per heavy atom. The quantitative estimate of drug-likeness (QED) is 0.833. The highest BCUT2D eigenvalue weighted by Gasteiger charge is 2.11. The Bertz CT molecular complexity index is 384. The lowest BCUT2D eigenvalue weighted by molar-refractivity contribution is 0.568. The third-order valence-electron chi connectivity index (χ3n) is 1.89. The number of benzene rings is 1. The smallest absolute Gasteiger partial charge is 0.212 e. The monoisotopic (exact) mass is 227 g/mol. The van der Waals surface area contributed by atoms with Crippen molar-refractivity contribution >= 4 is 10.0 Å². The minimum atomic E-state index is -3.13. The zero-order valence-corrected chi connectivity index (χ0v) is 9.92. The van der Waals surface area contributed by atoms with Crippen LogP contribution in [0.3, 0.4) is 0 Å². The Labute approximate surface area is 91.6 Å². The summed E-state index contributed by atoms with van der Waals surface area (Å²) in [6.45, 7) is 4.15. The van der Waals surface area contributed by atoms with Gasteiger partial charge in [0, 0.05) is 6.54 Å². The van der Waals surface area contributed by atoms with Crippen molar-refractivity contribution in [2.75, 3.05) is 5.75 Å². The van der Waals surface area contributed by atoms with Crippen molar-refractivity contribution in [3.63, 3.8) is 0 Å². The summed E-state index contributed by atoms with van der Waals surface area (Å²) in [6.07, 6.45) is 0. The van der Waals surface area contributed by atoms with E-state index in [1.807, 2.05) is 44.2 Å². The molecule has 15 heavy (non-hydrogen) atoms. The van der Waals surface area contributed by atoms with Gasteiger partial charge >= 0.3 is 0 Å². The molecule has 0 saturated heterocycles. The Hall–Kier alpha value is -0.870. The first-order valence-corrected chi connectivity index (χ1v) is 6.66. The lowest BCUT2D eigenvalue weighted by Crippen LogP contribution is -2.28. The highest BCUT2D eigenvalue weighted by Crippen LogP contribution is 2.01. The molecule has 1 rings (SSSR count). The molecule has 0 unspecified atom stereocenters. The molecule has 0 aliphatic rings. The van der Waals surface area contributed by atoms with E-state index in [1.54, 1.807) is 0 Å². The van der Waals surface area contributed by atoms with Gasteiger partial charge in [0.05, 0.1) is 5.75 Å². The molecular weight excluding hydrogens is 210 g/mol. The highest BCUT2D eigenvalue weighted by atomic mass is 32.2. The van der Waals surface area contributed by atoms with E-state index in [2.05, 4.69) is 4.72 Å². The molecule has 4 heteroatoms. The molecule has 0 aliphatic heterocycles. The van der Waals surface area contributed by atoms with E-state index in [-0.39, 0.29) is 11.7 Å². The van der Waals surface area contributed by atoms with Gasteiger partial charge in [-0.3, -0.25) is 0 Å². The van der Waals surface area contributed by atoms with Gasteiger partial charge in [0.1, 0.15) is 0 Å². The van der Waals surface area contributed by atoms with E-state index in [9.17, 15) is 8.42 Å². The van der Waals surface area contributed by atoms with Crippen LogP contribution in [0.4, 0.5) is 0 Å². The third kappa shape index (κ3) is 4.95. The molecule has 1 N–H and O–H groups in total. The molecule has 0 saturated carbocycles. The van der Waals surface area contributed by atoms with Gasteiger partial charge in [0.2, 0.25) is 10.0 Å². The minimum absolute atomic E-state index is 0.151. The van der Waals surface area contributed by atoms with Gasteiger partial charge in [-0.25, -0.2) is 13.1 Å². The normalized spacial score (nSPS) is 11.9. The van der Waals surface area contributed by atoms with E-state index in [1.165, 1.54) is 0 Å². The first kappa shape index (κ1) is 12.2. The van der Waals surface area contributed by atoms with Gasteiger partial charge in [-0.15, -0.1) is 0 Å². The van der Waals surface area contributed by atoms with Crippen molar-refractivity contribution in [3.8, 4) is 0 Å². The zero-order chi connectivity index (χ0) is 11.3. The molecule has 0 bridgehead atoms. The largest absolute Gasteiger partial charge is 0.212 e. The maximum absolute atomic E-state index is 11.5. The van der Waals surface area contributed by atoms with Gasteiger partial charge in [0.25, 0.3) is 0 Å². The average Bonchev–Trinajstić information content (AvgIpc) is 2.15. The number of nitrogens with one attached hydrogen (secondary N) is 1. The fraction of sp³-hybridized carbons (Fsp3) is 0.455. The van der Waals surface area contributed by atoms with Crippen LogP contribution < -0.4 is 4.72 Å². The lowest BCUT2D eigenvalue weighted by atomic mass is 10.2. The maximum Gasteiger partial charge on any atom is 0.212 e. The Morgan fingerprint density at radius 3 is 2.33 bits per heavy atom. The predicted octanol–water partition coefficient (Wildman–Crippen LogP) is 1.76. The van der Waals surface area contributed by atoms with Crippen LogP contribution in [0.15, 0.2) is 30.3 Å². The molecular formula is C11H17NO2S. The average molecular weight is 227 g/mol. The minimum Gasteiger partial charge on any atom is -0.212 e. The molecule has 0 heterocycles. The van der Waals surface area contributed by atoms with E-state index in [0.717, 1.165) is 5.56 Å².